The Morgan fingerprint density at radius 2 is 2.22 bits per heavy atom. The summed E-state index contributed by atoms with van der Waals surface area (Å²) in [6.45, 7) is 0. The van der Waals surface area contributed by atoms with E-state index in [1.54, 1.807) is 36.6 Å². The van der Waals surface area contributed by atoms with E-state index in [2.05, 4.69) is 15.9 Å². The number of hydrogen-bond acceptors (Lipinski definition) is 3. The van der Waals surface area contributed by atoms with Gasteiger partial charge in [-0.25, -0.2) is 0 Å². The van der Waals surface area contributed by atoms with Crippen LogP contribution < -0.4 is 4.74 Å². The maximum absolute atomic E-state index is 10.3. The van der Waals surface area contributed by atoms with Crippen molar-refractivity contribution in [3.8, 4) is 5.75 Å². The van der Waals surface area contributed by atoms with Crippen molar-refractivity contribution in [3.63, 3.8) is 0 Å². The van der Waals surface area contributed by atoms with Gasteiger partial charge in [-0.1, -0.05) is 17.7 Å². The number of aliphatic hydroxyl groups excluding tert-OH is 1. The predicted octanol–water partition coefficient (Wildman–Crippen LogP) is 4.45. The SMILES string of the molecule is COc1cc(Cl)ccc1C(O)Cc1sccc1Br. The lowest BCUT2D eigenvalue weighted by molar-refractivity contribution is 0.175. The van der Waals surface area contributed by atoms with Crippen LogP contribution in [0.1, 0.15) is 16.5 Å². The molecule has 0 aliphatic heterocycles. The quantitative estimate of drug-likeness (QED) is 0.885. The van der Waals surface area contributed by atoms with E-state index in [0.29, 0.717) is 17.2 Å². The molecule has 0 bridgehead atoms. The Bertz CT molecular complexity index is 542. The van der Waals surface area contributed by atoms with E-state index in [9.17, 15) is 5.11 Å². The summed E-state index contributed by atoms with van der Waals surface area (Å²) in [7, 11) is 1.57. The van der Waals surface area contributed by atoms with Crippen LogP contribution in [0.4, 0.5) is 0 Å². The maximum Gasteiger partial charge on any atom is 0.126 e. The molecule has 2 aromatic rings. The topological polar surface area (TPSA) is 29.5 Å². The Hall–Kier alpha value is -0.550. The molecule has 2 nitrogen and oxygen atoms in total. The normalized spacial score (nSPS) is 12.4. The molecule has 0 saturated carbocycles. The minimum atomic E-state index is -0.604. The smallest absolute Gasteiger partial charge is 0.126 e. The number of thiophene rings is 1. The second-order valence-electron chi connectivity index (χ2n) is 3.80. The zero-order chi connectivity index (χ0) is 13.1. The molecule has 0 saturated heterocycles. The monoisotopic (exact) mass is 346 g/mol. The Morgan fingerprint density at radius 1 is 1.44 bits per heavy atom. The molecule has 0 aliphatic rings. The molecule has 18 heavy (non-hydrogen) atoms. The summed E-state index contributed by atoms with van der Waals surface area (Å²) in [5.41, 5.74) is 0.752. The molecule has 1 N–H and O–H groups in total. The summed E-state index contributed by atoms with van der Waals surface area (Å²) in [5, 5.41) is 12.9. The number of hydrogen-bond donors (Lipinski definition) is 1. The van der Waals surface area contributed by atoms with Crippen molar-refractivity contribution in [1.82, 2.24) is 0 Å². The van der Waals surface area contributed by atoms with Crippen molar-refractivity contribution in [2.45, 2.75) is 12.5 Å². The summed E-state index contributed by atoms with van der Waals surface area (Å²) in [6, 6.07) is 7.24. The highest BCUT2D eigenvalue weighted by Crippen LogP contribution is 2.33. The molecule has 1 aromatic carbocycles. The number of methoxy groups -OCH3 is 1. The molecule has 5 heteroatoms. The van der Waals surface area contributed by atoms with E-state index in [1.165, 1.54) is 0 Å². The minimum Gasteiger partial charge on any atom is -0.496 e. The van der Waals surface area contributed by atoms with Crippen LogP contribution in [0, 0.1) is 0 Å². The predicted molar refractivity (Wildman–Crippen MR) is 78.7 cm³/mol. The van der Waals surface area contributed by atoms with Crippen LogP contribution in [0.25, 0.3) is 0 Å². The van der Waals surface area contributed by atoms with Gasteiger partial charge < -0.3 is 9.84 Å². The number of halogens is 2. The molecule has 0 aliphatic carbocycles. The zero-order valence-electron chi connectivity index (χ0n) is 9.69. The third-order valence-corrected chi connectivity index (χ3v) is 4.81. The molecule has 2 rings (SSSR count). The van der Waals surface area contributed by atoms with Gasteiger partial charge in [-0.05, 0) is 39.5 Å². The van der Waals surface area contributed by atoms with Gasteiger partial charge in [0.15, 0.2) is 0 Å². The Kier molecular flexibility index (Phi) is 4.67. The number of aliphatic hydroxyl groups is 1. The summed E-state index contributed by atoms with van der Waals surface area (Å²) in [4.78, 5) is 1.11. The first-order valence-corrected chi connectivity index (χ1v) is 7.40. The van der Waals surface area contributed by atoms with Gasteiger partial charge >= 0.3 is 0 Å². The van der Waals surface area contributed by atoms with Crippen molar-refractivity contribution in [2.24, 2.45) is 0 Å². The lowest BCUT2D eigenvalue weighted by atomic mass is 10.0. The van der Waals surface area contributed by atoms with Crippen LogP contribution in [-0.2, 0) is 6.42 Å². The van der Waals surface area contributed by atoms with Gasteiger partial charge in [0.25, 0.3) is 0 Å². The summed E-state index contributed by atoms with van der Waals surface area (Å²) >= 11 is 11.0. The zero-order valence-corrected chi connectivity index (χ0v) is 12.8. The fourth-order valence-corrected chi connectivity index (χ4v) is 3.43. The van der Waals surface area contributed by atoms with Crippen LogP contribution in [0.15, 0.2) is 34.1 Å². The van der Waals surface area contributed by atoms with Gasteiger partial charge in [0.2, 0.25) is 0 Å². The first kappa shape index (κ1) is 13.9. The third kappa shape index (κ3) is 3.06. The highest BCUT2D eigenvalue weighted by Gasteiger charge is 2.16. The molecule has 0 radical (unpaired) electrons. The van der Waals surface area contributed by atoms with E-state index < -0.39 is 6.10 Å². The summed E-state index contributed by atoms with van der Waals surface area (Å²) in [5.74, 6) is 0.614. The van der Waals surface area contributed by atoms with Crippen molar-refractivity contribution in [1.29, 1.82) is 0 Å². The van der Waals surface area contributed by atoms with Gasteiger partial charge in [-0.15, -0.1) is 11.3 Å². The molecule has 1 heterocycles. The second kappa shape index (κ2) is 6.06. The molecule has 1 unspecified atom stereocenters. The lowest BCUT2D eigenvalue weighted by Crippen LogP contribution is -2.03. The van der Waals surface area contributed by atoms with Crippen molar-refractivity contribution in [3.05, 3.63) is 49.6 Å². The minimum absolute atomic E-state index is 0.552. The fourth-order valence-electron chi connectivity index (χ4n) is 1.72. The number of ether oxygens (including phenoxy) is 1. The molecular formula is C13H12BrClO2S. The average molecular weight is 348 g/mol. The first-order chi connectivity index (χ1) is 8.61. The molecule has 1 aromatic heterocycles. The summed E-state index contributed by atoms with van der Waals surface area (Å²) in [6.07, 6.45) is -0.0526. The first-order valence-electron chi connectivity index (χ1n) is 5.35. The summed E-state index contributed by atoms with van der Waals surface area (Å²) < 4.78 is 6.27. The Balaban J connectivity index is 2.23. The highest BCUT2D eigenvalue weighted by molar-refractivity contribution is 9.10. The van der Waals surface area contributed by atoms with Gasteiger partial charge in [-0.2, -0.15) is 0 Å². The average Bonchev–Trinajstić information content (AvgIpc) is 2.74. The van der Waals surface area contributed by atoms with E-state index >= 15 is 0 Å². The van der Waals surface area contributed by atoms with E-state index in [4.69, 9.17) is 16.3 Å². The van der Waals surface area contributed by atoms with Gasteiger partial charge in [-0.3, -0.25) is 0 Å². The van der Waals surface area contributed by atoms with E-state index in [1.807, 2.05) is 11.4 Å². The van der Waals surface area contributed by atoms with Gasteiger partial charge in [0.05, 0.1) is 13.2 Å². The molecule has 1 atom stereocenters. The highest BCUT2D eigenvalue weighted by atomic mass is 79.9. The second-order valence-corrected chi connectivity index (χ2v) is 6.09. The van der Waals surface area contributed by atoms with Crippen LogP contribution >= 0.6 is 38.9 Å². The third-order valence-electron chi connectivity index (χ3n) is 2.62. The van der Waals surface area contributed by atoms with E-state index in [-0.39, 0.29) is 0 Å². The van der Waals surface area contributed by atoms with Crippen LogP contribution in [0.5, 0.6) is 5.75 Å². The number of rotatable bonds is 4. The van der Waals surface area contributed by atoms with E-state index in [0.717, 1.165) is 14.9 Å². The van der Waals surface area contributed by atoms with Gasteiger partial charge in [0, 0.05) is 26.4 Å². The van der Waals surface area contributed by atoms with Crippen molar-refractivity contribution < 1.29 is 9.84 Å². The van der Waals surface area contributed by atoms with Crippen LogP contribution in [0.3, 0.4) is 0 Å². The molecule has 96 valence electrons. The van der Waals surface area contributed by atoms with Crippen LogP contribution in [0.2, 0.25) is 5.02 Å². The lowest BCUT2D eigenvalue weighted by Gasteiger charge is -2.14. The molecular weight excluding hydrogens is 336 g/mol. The van der Waals surface area contributed by atoms with Crippen molar-refractivity contribution in [2.75, 3.05) is 7.11 Å². The molecule has 0 amide bonds. The molecule has 0 fully saturated rings. The van der Waals surface area contributed by atoms with Crippen molar-refractivity contribution >= 4 is 38.9 Å². The standard InChI is InChI=1S/C13H12BrClO2S/c1-17-12-6-8(15)2-3-9(12)11(16)7-13-10(14)4-5-18-13/h2-6,11,16H,7H2,1H3. The maximum atomic E-state index is 10.3. The van der Waals surface area contributed by atoms with Crippen LogP contribution in [-0.4, -0.2) is 12.2 Å². The fraction of sp³-hybridized carbons (Fsp3) is 0.231. The Labute approximate surface area is 123 Å². The molecule has 0 spiro atoms. The van der Waals surface area contributed by atoms with Gasteiger partial charge in [0.1, 0.15) is 5.75 Å². The largest absolute Gasteiger partial charge is 0.496 e. The number of benzene rings is 1. The Morgan fingerprint density at radius 3 is 2.83 bits per heavy atom.